The fourth-order valence-electron chi connectivity index (χ4n) is 3.79. The van der Waals surface area contributed by atoms with E-state index in [-0.39, 0.29) is 12.3 Å². The molecule has 0 radical (unpaired) electrons. The third-order valence-corrected chi connectivity index (χ3v) is 5.41. The number of carboxylic acid groups (broad SMARTS) is 1. The van der Waals surface area contributed by atoms with Crippen molar-refractivity contribution in [3.63, 3.8) is 0 Å². The normalized spacial score (nSPS) is 16.3. The van der Waals surface area contributed by atoms with Gasteiger partial charge in [0, 0.05) is 19.5 Å². The molecule has 1 saturated heterocycles. The molecule has 1 aliphatic heterocycles. The third kappa shape index (κ3) is 4.40. The Morgan fingerprint density at radius 2 is 1.86 bits per heavy atom. The van der Waals surface area contributed by atoms with Gasteiger partial charge in [-0.05, 0) is 40.5 Å². The third-order valence-electron chi connectivity index (χ3n) is 5.41. The molecule has 4 rings (SSSR count). The van der Waals surface area contributed by atoms with E-state index >= 15 is 0 Å². The van der Waals surface area contributed by atoms with Crippen LogP contribution < -0.4 is 4.74 Å². The van der Waals surface area contributed by atoms with Crippen LogP contribution in [-0.4, -0.2) is 35.0 Å². The number of hydrogen-bond acceptors (Lipinski definition) is 3. The summed E-state index contributed by atoms with van der Waals surface area (Å²) in [6, 6.07) is 22.3. The summed E-state index contributed by atoms with van der Waals surface area (Å²) in [7, 11) is 0. The average Bonchev–Trinajstić information content (AvgIpc) is 3.12. The lowest BCUT2D eigenvalue weighted by Gasteiger charge is -2.16. The Labute approximate surface area is 169 Å². The van der Waals surface area contributed by atoms with Gasteiger partial charge in [0.1, 0.15) is 12.4 Å². The summed E-state index contributed by atoms with van der Waals surface area (Å²) >= 11 is 0. The Kier molecular flexibility index (Phi) is 5.47. The van der Waals surface area contributed by atoms with Gasteiger partial charge in [0.15, 0.2) is 0 Å². The van der Waals surface area contributed by atoms with E-state index in [4.69, 9.17) is 9.84 Å². The van der Waals surface area contributed by atoms with E-state index in [0.717, 1.165) is 16.9 Å². The van der Waals surface area contributed by atoms with Crippen molar-refractivity contribution < 1.29 is 19.4 Å². The zero-order valence-corrected chi connectivity index (χ0v) is 16.1. The number of likely N-dealkylation sites (tertiary alicyclic amines) is 1. The lowest BCUT2D eigenvalue weighted by atomic mass is 10.1. The number of carbonyl (C=O) groups is 2. The summed E-state index contributed by atoms with van der Waals surface area (Å²) in [5.74, 6) is -0.782. The first-order valence-electron chi connectivity index (χ1n) is 9.79. The average molecular weight is 389 g/mol. The summed E-state index contributed by atoms with van der Waals surface area (Å²) in [6.07, 6.45) is 0.771. The van der Waals surface area contributed by atoms with Crippen molar-refractivity contribution in [1.29, 1.82) is 0 Å². The molecule has 1 fully saturated rings. The highest BCUT2D eigenvalue weighted by Crippen LogP contribution is 2.22. The highest BCUT2D eigenvalue weighted by atomic mass is 16.5. The Balaban J connectivity index is 1.38. The zero-order valence-electron chi connectivity index (χ0n) is 16.1. The van der Waals surface area contributed by atoms with Gasteiger partial charge in [0.05, 0.1) is 5.92 Å². The molecule has 5 heteroatoms. The smallest absolute Gasteiger partial charge is 0.308 e. The quantitative estimate of drug-likeness (QED) is 0.666. The van der Waals surface area contributed by atoms with Gasteiger partial charge < -0.3 is 14.7 Å². The number of ether oxygens (including phenoxy) is 1. The molecule has 1 heterocycles. The summed E-state index contributed by atoms with van der Waals surface area (Å²) in [5, 5.41) is 11.5. The highest BCUT2D eigenvalue weighted by Gasteiger charge is 2.33. The van der Waals surface area contributed by atoms with Crippen LogP contribution in [0, 0.1) is 5.92 Å². The van der Waals surface area contributed by atoms with E-state index in [2.05, 4.69) is 24.3 Å². The zero-order chi connectivity index (χ0) is 20.2. The van der Waals surface area contributed by atoms with Gasteiger partial charge in [-0.25, -0.2) is 0 Å². The lowest BCUT2D eigenvalue weighted by Crippen LogP contribution is -2.28. The van der Waals surface area contributed by atoms with Crippen molar-refractivity contribution in [1.82, 2.24) is 4.90 Å². The molecule has 1 N–H and O–H groups in total. The van der Waals surface area contributed by atoms with Crippen LogP contribution in [0.4, 0.5) is 0 Å². The van der Waals surface area contributed by atoms with E-state index in [0.29, 0.717) is 26.1 Å². The predicted octanol–water partition coefficient (Wildman–Crippen LogP) is 3.89. The minimum Gasteiger partial charge on any atom is -0.489 e. The fraction of sp³-hybridized carbons (Fsp3) is 0.250. The molecule has 1 unspecified atom stereocenters. The van der Waals surface area contributed by atoms with Gasteiger partial charge in [-0.1, -0.05) is 54.6 Å². The SMILES string of the molecule is O=C(O)C1CC(=O)N(CCc2cccc(OCc3cccc4ccccc34)c2)C1. The van der Waals surface area contributed by atoms with Crippen molar-refractivity contribution in [2.45, 2.75) is 19.4 Å². The Morgan fingerprint density at radius 1 is 1.07 bits per heavy atom. The first kappa shape index (κ1) is 19.0. The van der Waals surface area contributed by atoms with Gasteiger partial charge in [-0.2, -0.15) is 0 Å². The molecule has 3 aromatic rings. The molecular weight excluding hydrogens is 366 g/mol. The molecule has 29 heavy (non-hydrogen) atoms. The number of hydrogen-bond donors (Lipinski definition) is 1. The molecule has 148 valence electrons. The minimum absolute atomic E-state index is 0.0826. The first-order valence-corrected chi connectivity index (χ1v) is 9.79. The summed E-state index contributed by atoms with van der Waals surface area (Å²) in [4.78, 5) is 24.7. The minimum atomic E-state index is -0.898. The second-order valence-electron chi connectivity index (χ2n) is 7.40. The second kappa shape index (κ2) is 8.35. The Hall–Kier alpha value is -3.34. The van der Waals surface area contributed by atoms with Crippen LogP contribution in [0.3, 0.4) is 0 Å². The topological polar surface area (TPSA) is 66.8 Å². The van der Waals surface area contributed by atoms with E-state index in [1.807, 2.05) is 42.5 Å². The molecule has 0 saturated carbocycles. The van der Waals surface area contributed by atoms with Crippen molar-refractivity contribution in [2.75, 3.05) is 13.1 Å². The van der Waals surface area contributed by atoms with Gasteiger partial charge in [0.25, 0.3) is 0 Å². The van der Waals surface area contributed by atoms with Crippen LogP contribution in [-0.2, 0) is 22.6 Å². The van der Waals surface area contributed by atoms with Crippen LogP contribution in [0.1, 0.15) is 17.5 Å². The number of amides is 1. The molecule has 0 aromatic heterocycles. The molecular formula is C24H23NO4. The molecule has 1 amide bonds. The monoisotopic (exact) mass is 389 g/mol. The van der Waals surface area contributed by atoms with E-state index in [1.54, 1.807) is 4.90 Å². The summed E-state index contributed by atoms with van der Waals surface area (Å²) < 4.78 is 6.02. The predicted molar refractivity (Wildman–Crippen MR) is 111 cm³/mol. The molecule has 1 aliphatic rings. The second-order valence-corrected chi connectivity index (χ2v) is 7.40. The number of benzene rings is 3. The fourth-order valence-corrected chi connectivity index (χ4v) is 3.79. The van der Waals surface area contributed by atoms with Gasteiger partial charge >= 0.3 is 5.97 Å². The molecule has 1 atom stereocenters. The van der Waals surface area contributed by atoms with Crippen molar-refractivity contribution in [3.05, 3.63) is 77.9 Å². The number of fused-ring (bicyclic) bond motifs is 1. The largest absolute Gasteiger partial charge is 0.489 e. The molecule has 0 aliphatic carbocycles. The standard InChI is InChI=1S/C24H23NO4/c26-23-14-20(24(27)28)15-25(23)12-11-17-5-3-9-21(13-17)29-16-19-8-4-7-18-6-1-2-10-22(18)19/h1-10,13,20H,11-12,14-16H2,(H,27,28). The maximum atomic E-state index is 12.0. The van der Waals surface area contributed by atoms with Gasteiger partial charge in [-0.3, -0.25) is 9.59 Å². The molecule has 0 bridgehead atoms. The van der Waals surface area contributed by atoms with E-state index < -0.39 is 11.9 Å². The van der Waals surface area contributed by atoms with Gasteiger partial charge in [-0.15, -0.1) is 0 Å². The maximum Gasteiger partial charge on any atom is 0.308 e. The van der Waals surface area contributed by atoms with Crippen molar-refractivity contribution >= 4 is 22.6 Å². The number of aliphatic carboxylic acids is 1. The summed E-state index contributed by atoms with van der Waals surface area (Å²) in [6.45, 7) is 1.30. The molecule has 5 nitrogen and oxygen atoms in total. The van der Waals surface area contributed by atoms with Crippen molar-refractivity contribution in [2.24, 2.45) is 5.92 Å². The van der Waals surface area contributed by atoms with E-state index in [1.165, 1.54) is 10.8 Å². The van der Waals surface area contributed by atoms with Crippen LogP contribution in [0.25, 0.3) is 10.8 Å². The van der Waals surface area contributed by atoms with E-state index in [9.17, 15) is 9.59 Å². The van der Waals surface area contributed by atoms with Crippen LogP contribution in [0.2, 0.25) is 0 Å². The number of rotatable bonds is 7. The summed E-state index contributed by atoms with van der Waals surface area (Å²) in [5.41, 5.74) is 2.20. The van der Waals surface area contributed by atoms with Crippen LogP contribution in [0.5, 0.6) is 5.75 Å². The molecule has 0 spiro atoms. The highest BCUT2D eigenvalue weighted by molar-refractivity contribution is 5.86. The van der Waals surface area contributed by atoms with Crippen molar-refractivity contribution in [3.8, 4) is 5.75 Å². The Bertz CT molecular complexity index is 1040. The van der Waals surface area contributed by atoms with Crippen LogP contribution in [0.15, 0.2) is 66.7 Å². The Morgan fingerprint density at radius 3 is 2.69 bits per heavy atom. The first-order chi connectivity index (χ1) is 14.1. The number of nitrogens with zero attached hydrogens (tertiary/aromatic N) is 1. The lowest BCUT2D eigenvalue weighted by molar-refractivity contribution is -0.141. The number of carboxylic acids is 1. The van der Waals surface area contributed by atoms with Crippen LogP contribution >= 0.6 is 0 Å². The maximum absolute atomic E-state index is 12.0. The number of carbonyl (C=O) groups excluding carboxylic acids is 1. The van der Waals surface area contributed by atoms with Gasteiger partial charge in [0.2, 0.25) is 5.91 Å². The molecule has 3 aromatic carbocycles.